The van der Waals surface area contributed by atoms with Crippen molar-refractivity contribution in [3.8, 4) is 11.5 Å². The molecule has 0 saturated heterocycles. The summed E-state index contributed by atoms with van der Waals surface area (Å²) in [7, 11) is 0. The zero-order chi connectivity index (χ0) is 13.7. The molecule has 19 heavy (non-hydrogen) atoms. The summed E-state index contributed by atoms with van der Waals surface area (Å²) in [5, 5.41) is 9.63. The normalized spacial score (nSPS) is 10.8. The lowest BCUT2D eigenvalue weighted by molar-refractivity contribution is 0.318. The van der Waals surface area contributed by atoms with E-state index in [-0.39, 0.29) is 5.75 Å². The van der Waals surface area contributed by atoms with Crippen LogP contribution in [0.15, 0.2) is 47.5 Å². The molecular formula is C16H17NO2. The maximum atomic E-state index is 9.63. The van der Waals surface area contributed by atoms with E-state index in [0.29, 0.717) is 12.4 Å². The number of ether oxygens (including phenoxy) is 1. The van der Waals surface area contributed by atoms with E-state index in [4.69, 9.17) is 4.74 Å². The van der Waals surface area contributed by atoms with E-state index in [2.05, 4.69) is 4.99 Å². The van der Waals surface area contributed by atoms with Crippen molar-refractivity contribution in [3.63, 3.8) is 0 Å². The predicted octanol–water partition coefficient (Wildman–Crippen LogP) is 3.85. The third-order valence-electron chi connectivity index (χ3n) is 2.75. The number of hydrogen-bond acceptors (Lipinski definition) is 3. The van der Waals surface area contributed by atoms with Crippen molar-refractivity contribution >= 4 is 11.9 Å². The van der Waals surface area contributed by atoms with E-state index in [1.807, 2.05) is 38.1 Å². The van der Waals surface area contributed by atoms with Crippen LogP contribution in [0.25, 0.3) is 0 Å². The summed E-state index contributed by atoms with van der Waals surface area (Å²) in [6, 6.07) is 13.1. The van der Waals surface area contributed by atoms with Gasteiger partial charge < -0.3 is 9.84 Å². The fraction of sp³-hybridized carbons (Fsp3) is 0.188. The van der Waals surface area contributed by atoms with E-state index < -0.39 is 0 Å². The molecule has 0 heterocycles. The van der Waals surface area contributed by atoms with Crippen molar-refractivity contribution < 1.29 is 9.84 Å². The molecule has 2 aromatic carbocycles. The van der Waals surface area contributed by atoms with Gasteiger partial charge in [0.2, 0.25) is 0 Å². The van der Waals surface area contributed by atoms with Gasteiger partial charge >= 0.3 is 0 Å². The Hall–Kier alpha value is -2.29. The fourth-order valence-corrected chi connectivity index (χ4v) is 1.73. The van der Waals surface area contributed by atoms with Crippen molar-refractivity contribution in [1.29, 1.82) is 0 Å². The molecule has 3 nitrogen and oxygen atoms in total. The highest BCUT2D eigenvalue weighted by atomic mass is 16.5. The number of aliphatic imine (C=N–C) groups is 1. The Morgan fingerprint density at radius 3 is 2.74 bits per heavy atom. The first-order valence-corrected chi connectivity index (χ1v) is 6.26. The maximum absolute atomic E-state index is 9.63. The molecule has 2 aromatic rings. The van der Waals surface area contributed by atoms with Crippen LogP contribution in [0.1, 0.15) is 18.1 Å². The van der Waals surface area contributed by atoms with Gasteiger partial charge in [-0.05, 0) is 49.2 Å². The molecule has 0 unspecified atom stereocenters. The van der Waals surface area contributed by atoms with Gasteiger partial charge in [-0.1, -0.05) is 18.2 Å². The molecule has 3 heteroatoms. The number of aromatic hydroxyl groups is 1. The fourth-order valence-electron chi connectivity index (χ4n) is 1.73. The number of aryl methyl sites for hydroxylation is 1. The van der Waals surface area contributed by atoms with E-state index in [1.165, 1.54) is 0 Å². The molecule has 0 saturated carbocycles. The van der Waals surface area contributed by atoms with Crippen LogP contribution in [0.5, 0.6) is 11.5 Å². The highest BCUT2D eigenvalue weighted by Gasteiger charge is 2.02. The number of para-hydroxylation sites is 1. The number of hydrogen-bond donors (Lipinski definition) is 1. The second kappa shape index (κ2) is 6.05. The minimum absolute atomic E-state index is 0.148. The standard InChI is InChI=1S/C16H17NO2/c1-3-19-16-10-13(8-9-15(16)18)11-17-14-7-5-4-6-12(14)2/h4-11,18H,3H2,1-2H3. The smallest absolute Gasteiger partial charge is 0.161 e. The summed E-state index contributed by atoms with van der Waals surface area (Å²) >= 11 is 0. The molecule has 0 bridgehead atoms. The number of rotatable bonds is 4. The van der Waals surface area contributed by atoms with Gasteiger partial charge in [-0.3, -0.25) is 4.99 Å². The Morgan fingerprint density at radius 1 is 1.21 bits per heavy atom. The Morgan fingerprint density at radius 2 is 2.00 bits per heavy atom. The number of phenolic OH excluding ortho intramolecular Hbond substituents is 1. The Kier molecular flexibility index (Phi) is 4.18. The van der Waals surface area contributed by atoms with E-state index in [1.54, 1.807) is 24.4 Å². The van der Waals surface area contributed by atoms with Gasteiger partial charge in [-0.2, -0.15) is 0 Å². The molecule has 0 fully saturated rings. The van der Waals surface area contributed by atoms with Crippen LogP contribution in [-0.2, 0) is 0 Å². The first kappa shape index (κ1) is 13.1. The number of phenols is 1. The van der Waals surface area contributed by atoms with Crippen LogP contribution in [-0.4, -0.2) is 17.9 Å². The van der Waals surface area contributed by atoms with Crippen LogP contribution in [0, 0.1) is 6.92 Å². The van der Waals surface area contributed by atoms with E-state index in [9.17, 15) is 5.11 Å². The van der Waals surface area contributed by atoms with Crippen LogP contribution < -0.4 is 4.74 Å². The number of benzene rings is 2. The summed E-state index contributed by atoms with van der Waals surface area (Å²) in [5.74, 6) is 0.631. The van der Waals surface area contributed by atoms with Crippen molar-refractivity contribution in [2.75, 3.05) is 6.61 Å². The van der Waals surface area contributed by atoms with Gasteiger partial charge in [0.15, 0.2) is 11.5 Å². The quantitative estimate of drug-likeness (QED) is 0.843. The lowest BCUT2D eigenvalue weighted by Gasteiger charge is -2.06. The maximum Gasteiger partial charge on any atom is 0.161 e. The third kappa shape index (κ3) is 3.35. The third-order valence-corrected chi connectivity index (χ3v) is 2.75. The second-order valence-corrected chi connectivity index (χ2v) is 4.20. The van der Waals surface area contributed by atoms with Crippen molar-refractivity contribution in [1.82, 2.24) is 0 Å². The molecule has 0 atom stereocenters. The molecule has 0 aliphatic carbocycles. The van der Waals surface area contributed by atoms with Gasteiger partial charge in [0.1, 0.15) is 0 Å². The number of nitrogens with zero attached hydrogens (tertiary/aromatic N) is 1. The monoisotopic (exact) mass is 255 g/mol. The van der Waals surface area contributed by atoms with Crippen molar-refractivity contribution in [2.24, 2.45) is 4.99 Å². The Bertz CT molecular complexity index is 591. The zero-order valence-corrected chi connectivity index (χ0v) is 11.1. The minimum atomic E-state index is 0.148. The second-order valence-electron chi connectivity index (χ2n) is 4.20. The molecule has 0 radical (unpaired) electrons. The van der Waals surface area contributed by atoms with E-state index in [0.717, 1.165) is 16.8 Å². The largest absolute Gasteiger partial charge is 0.504 e. The minimum Gasteiger partial charge on any atom is -0.504 e. The van der Waals surface area contributed by atoms with Crippen LogP contribution in [0.2, 0.25) is 0 Å². The van der Waals surface area contributed by atoms with Crippen LogP contribution >= 0.6 is 0 Å². The highest BCUT2D eigenvalue weighted by Crippen LogP contribution is 2.26. The van der Waals surface area contributed by atoms with Crippen LogP contribution in [0.4, 0.5) is 5.69 Å². The molecule has 0 aliphatic rings. The van der Waals surface area contributed by atoms with Gasteiger partial charge in [0.25, 0.3) is 0 Å². The summed E-state index contributed by atoms with van der Waals surface area (Å²) in [5.41, 5.74) is 2.96. The lowest BCUT2D eigenvalue weighted by Crippen LogP contribution is -1.93. The van der Waals surface area contributed by atoms with Crippen molar-refractivity contribution in [2.45, 2.75) is 13.8 Å². The summed E-state index contributed by atoms with van der Waals surface area (Å²) in [6.45, 7) is 4.43. The summed E-state index contributed by atoms with van der Waals surface area (Å²) < 4.78 is 5.34. The van der Waals surface area contributed by atoms with Crippen LogP contribution in [0.3, 0.4) is 0 Å². The van der Waals surface area contributed by atoms with Gasteiger partial charge in [0, 0.05) is 6.21 Å². The Balaban J connectivity index is 2.24. The SMILES string of the molecule is CCOc1cc(C=Nc2ccccc2C)ccc1O. The van der Waals surface area contributed by atoms with Gasteiger partial charge in [-0.25, -0.2) is 0 Å². The highest BCUT2D eigenvalue weighted by molar-refractivity contribution is 5.83. The zero-order valence-electron chi connectivity index (χ0n) is 11.1. The molecule has 2 rings (SSSR count). The predicted molar refractivity (Wildman–Crippen MR) is 77.7 cm³/mol. The average molecular weight is 255 g/mol. The first-order valence-electron chi connectivity index (χ1n) is 6.26. The summed E-state index contributed by atoms with van der Waals surface area (Å²) in [4.78, 5) is 4.44. The molecule has 0 spiro atoms. The average Bonchev–Trinajstić information content (AvgIpc) is 2.41. The summed E-state index contributed by atoms with van der Waals surface area (Å²) in [6.07, 6.45) is 1.77. The molecular weight excluding hydrogens is 238 g/mol. The van der Waals surface area contributed by atoms with Gasteiger partial charge in [0.05, 0.1) is 12.3 Å². The molecule has 0 aromatic heterocycles. The first-order chi connectivity index (χ1) is 9.20. The molecule has 98 valence electrons. The topological polar surface area (TPSA) is 41.8 Å². The van der Waals surface area contributed by atoms with Crippen molar-refractivity contribution in [3.05, 3.63) is 53.6 Å². The van der Waals surface area contributed by atoms with Gasteiger partial charge in [-0.15, -0.1) is 0 Å². The Labute approximate surface area is 113 Å². The molecule has 0 aliphatic heterocycles. The molecule has 1 N–H and O–H groups in total. The van der Waals surface area contributed by atoms with E-state index >= 15 is 0 Å². The molecule has 0 amide bonds. The lowest BCUT2D eigenvalue weighted by atomic mass is 10.2.